The van der Waals surface area contributed by atoms with E-state index in [1.807, 2.05) is 19.9 Å². The molecule has 0 amide bonds. The van der Waals surface area contributed by atoms with Crippen LogP contribution in [0.2, 0.25) is 0 Å². The van der Waals surface area contributed by atoms with E-state index in [-0.39, 0.29) is 6.04 Å². The predicted octanol–water partition coefficient (Wildman–Crippen LogP) is 1.78. The average molecular weight is 295 g/mol. The van der Waals surface area contributed by atoms with Crippen LogP contribution in [-0.4, -0.2) is 41.3 Å². The Bertz CT molecular complexity index is 474. The molecule has 1 aliphatic heterocycles. The summed E-state index contributed by atoms with van der Waals surface area (Å²) in [5.74, 6) is 1.88. The van der Waals surface area contributed by atoms with Gasteiger partial charge in [-0.1, -0.05) is 0 Å². The molecular formula is C13H21N5OS. The van der Waals surface area contributed by atoms with Crippen molar-refractivity contribution in [3.63, 3.8) is 0 Å². The van der Waals surface area contributed by atoms with E-state index in [4.69, 9.17) is 17.0 Å². The van der Waals surface area contributed by atoms with Gasteiger partial charge in [0.2, 0.25) is 11.8 Å². The van der Waals surface area contributed by atoms with Gasteiger partial charge < -0.3 is 20.3 Å². The Balaban J connectivity index is 2.15. The minimum absolute atomic E-state index is 0.263. The maximum atomic E-state index is 5.24. The zero-order valence-corrected chi connectivity index (χ0v) is 13.0. The first kappa shape index (κ1) is 14.8. The van der Waals surface area contributed by atoms with Crippen molar-refractivity contribution >= 4 is 29.1 Å². The van der Waals surface area contributed by atoms with Crippen molar-refractivity contribution < 1.29 is 4.74 Å². The van der Waals surface area contributed by atoms with E-state index in [9.17, 15) is 0 Å². The zero-order valence-electron chi connectivity index (χ0n) is 12.1. The van der Waals surface area contributed by atoms with Crippen molar-refractivity contribution in [2.24, 2.45) is 0 Å². The molecule has 1 aliphatic rings. The molecule has 0 saturated carbocycles. The highest BCUT2D eigenvalue weighted by atomic mass is 32.1. The van der Waals surface area contributed by atoms with Gasteiger partial charge in [0.05, 0.1) is 7.11 Å². The lowest BCUT2D eigenvalue weighted by Gasteiger charge is -2.18. The fourth-order valence-corrected chi connectivity index (χ4v) is 2.41. The van der Waals surface area contributed by atoms with Crippen molar-refractivity contribution in [1.82, 2.24) is 15.3 Å². The van der Waals surface area contributed by atoms with Gasteiger partial charge in [-0.25, -0.2) is 0 Å². The number of rotatable bonds is 4. The number of aromatic nitrogens is 2. The quantitative estimate of drug-likeness (QED) is 0.821. The van der Waals surface area contributed by atoms with Gasteiger partial charge in [-0.05, 0) is 38.9 Å². The summed E-state index contributed by atoms with van der Waals surface area (Å²) >= 11 is 5.21. The van der Waals surface area contributed by atoms with Crippen LogP contribution in [0.15, 0.2) is 6.07 Å². The summed E-state index contributed by atoms with van der Waals surface area (Å²) in [6, 6.07) is 2.12. The van der Waals surface area contributed by atoms with E-state index in [1.165, 1.54) is 12.8 Å². The molecule has 2 rings (SSSR count). The van der Waals surface area contributed by atoms with E-state index in [0.29, 0.717) is 16.9 Å². The van der Waals surface area contributed by atoms with Crippen LogP contribution in [0.5, 0.6) is 5.88 Å². The normalized spacial score (nSPS) is 14.5. The second-order valence-corrected chi connectivity index (χ2v) is 5.45. The minimum atomic E-state index is 0.263. The van der Waals surface area contributed by atoms with Gasteiger partial charge in [0.25, 0.3) is 0 Å². The van der Waals surface area contributed by atoms with Crippen LogP contribution in [0.4, 0.5) is 11.8 Å². The Morgan fingerprint density at radius 1 is 1.35 bits per heavy atom. The van der Waals surface area contributed by atoms with Gasteiger partial charge in [-0.15, -0.1) is 0 Å². The molecule has 7 heteroatoms. The number of nitrogens with zero attached hydrogens (tertiary/aromatic N) is 3. The molecule has 0 radical (unpaired) electrons. The van der Waals surface area contributed by atoms with E-state index < -0.39 is 0 Å². The van der Waals surface area contributed by atoms with Crippen molar-refractivity contribution in [2.75, 3.05) is 30.4 Å². The third-order valence-electron chi connectivity index (χ3n) is 2.97. The first-order chi connectivity index (χ1) is 9.58. The summed E-state index contributed by atoms with van der Waals surface area (Å²) in [6.45, 7) is 6.09. The second kappa shape index (κ2) is 6.69. The first-order valence-corrected chi connectivity index (χ1v) is 7.25. The Hall–Kier alpha value is -1.63. The molecular weight excluding hydrogens is 274 g/mol. The Morgan fingerprint density at radius 2 is 2.05 bits per heavy atom. The summed E-state index contributed by atoms with van der Waals surface area (Å²) < 4.78 is 5.24. The number of hydrogen-bond donors (Lipinski definition) is 2. The number of ether oxygens (including phenoxy) is 1. The molecule has 110 valence electrons. The fourth-order valence-electron chi connectivity index (χ4n) is 2.08. The number of thiocarbonyl (C=S) groups is 1. The third kappa shape index (κ3) is 3.93. The molecule has 0 unspecified atom stereocenters. The van der Waals surface area contributed by atoms with Crippen molar-refractivity contribution in [2.45, 2.75) is 32.7 Å². The highest BCUT2D eigenvalue weighted by molar-refractivity contribution is 7.80. The molecule has 20 heavy (non-hydrogen) atoms. The largest absolute Gasteiger partial charge is 0.481 e. The SMILES string of the molecule is COc1cc(N2CCCC2)nc(NC(=S)NC(C)C)n1. The first-order valence-electron chi connectivity index (χ1n) is 6.84. The summed E-state index contributed by atoms with van der Waals surface area (Å²) in [4.78, 5) is 11.0. The van der Waals surface area contributed by atoms with Crippen LogP contribution < -0.4 is 20.3 Å². The lowest BCUT2D eigenvalue weighted by atomic mass is 10.4. The molecule has 0 aromatic carbocycles. The third-order valence-corrected chi connectivity index (χ3v) is 3.19. The monoisotopic (exact) mass is 295 g/mol. The molecule has 0 bridgehead atoms. The highest BCUT2D eigenvalue weighted by Crippen LogP contribution is 2.23. The standard InChI is InChI=1S/C13H21N5OS/c1-9(2)14-13(20)17-12-15-10(8-11(16-12)19-3)18-6-4-5-7-18/h8-9H,4-7H2,1-3H3,(H2,14,15,16,17,20). The predicted molar refractivity (Wildman–Crippen MR) is 84.5 cm³/mol. The minimum Gasteiger partial charge on any atom is -0.481 e. The van der Waals surface area contributed by atoms with Crippen molar-refractivity contribution in [3.05, 3.63) is 6.07 Å². The number of methoxy groups -OCH3 is 1. The van der Waals surface area contributed by atoms with Gasteiger partial charge in [-0.2, -0.15) is 9.97 Å². The van der Waals surface area contributed by atoms with Crippen molar-refractivity contribution in [1.29, 1.82) is 0 Å². The molecule has 2 N–H and O–H groups in total. The zero-order chi connectivity index (χ0) is 14.5. The van der Waals surface area contributed by atoms with Gasteiger partial charge in [0, 0.05) is 25.2 Å². The lowest BCUT2D eigenvalue weighted by molar-refractivity contribution is 0.397. The van der Waals surface area contributed by atoms with Gasteiger partial charge in [0.1, 0.15) is 5.82 Å². The van der Waals surface area contributed by atoms with Crippen LogP contribution in [0, 0.1) is 0 Å². The van der Waals surface area contributed by atoms with E-state index in [2.05, 4.69) is 25.5 Å². The molecule has 0 aliphatic carbocycles. The summed E-state index contributed by atoms with van der Waals surface area (Å²) in [5, 5.41) is 6.62. The molecule has 6 nitrogen and oxygen atoms in total. The smallest absolute Gasteiger partial charge is 0.234 e. The maximum Gasteiger partial charge on any atom is 0.234 e. The van der Waals surface area contributed by atoms with E-state index in [0.717, 1.165) is 18.9 Å². The molecule has 0 spiro atoms. The lowest BCUT2D eigenvalue weighted by Crippen LogP contribution is -2.34. The van der Waals surface area contributed by atoms with Gasteiger partial charge in [-0.3, -0.25) is 0 Å². The van der Waals surface area contributed by atoms with E-state index >= 15 is 0 Å². The molecule has 1 saturated heterocycles. The number of hydrogen-bond acceptors (Lipinski definition) is 5. The number of anilines is 2. The Morgan fingerprint density at radius 3 is 2.65 bits per heavy atom. The van der Waals surface area contributed by atoms with Crippen LogP contribution >= 0.6 is 12.2 Å². The van der Waals surface area contributed by atoms with E-state index in [1.54, 1.807) is 7.11 Å². The Kier molecular flexibility index (Phi) is 4.94. The Labute approximate surface area is 124 Å². The highest BCUT2D eigenvalue weighted by Gasteiger charge is 2.16. The molecule has 1 aromatic rings. The topological polar surface area (TPSA) is 62.3 Å². The summed E-state index contributed by atoms with van der Waals surface area (Å²) in [6.07, 6.45) is 2.39. The average Bonchev–Trinajstić information content (AvgIpc) is 2.91. The number of nitrogens with one attached hydrogen (secondary N) is 2. The van der Waals surface area contributed by atoms with Crippen LogP contribution in [0.3, 0.4) is 0 Å². The molecule has 2 heterocycles. The molecule has 0 atom stereocenters. The maximum absolute atomic E-state index is 5.24. The van der Waals surface area contributed by atoms with Crippen LogP contribution in [-0.2, 0) is 0 Å². The van der Waals surface area contributed by atoms with Gasteiger partial charge in [0.15, 0.2) is 5.11 Å². The fraction of sp³-hybridized carbons (Fsp3) is 0.615. The molecule has 1 fully saturated rings. The summed E-state index contributed by atoms with van der Waals surface area (Å²) in [5.41, 5.74) is 0. The second-order valence-electron chi connectivity index (χ2n) is 5.04. The van der Waals surface area contributed by atoms with Crippen molar-refractivity contribution in [3.8, 4) is 5.88 Å². The van der Waals surface area contributed by atoms with Gasteiger partial charge >= 0.3 is 0 Å². The molecule has 1 aromatic heterocycles. The van der Waals surface area contributed by atoms with Crippen LogP contribution in [0.1, 0.15) is 26.7 Å². The van der Waals surface area contributed by atoms with Crippen LogP contribution in [0.25, 0.3) is 0 Å². The summed E-state index contributed by atoms with van der Waals surface area (Å²) in [7, 11) is 1.60.